The average Bonchev–Trinajstić information content (AvgIpc) is 2.61. The second-order valence-corrected chi connectivity index (χ2v) is 19.7. The van der Waals surface area contributed by atoms with Gasteiger partial charge in [-0.15, -0.1) is 0 Å². The van der Waals surface area contributed by atoms with Gasteiger partial charge >= 0.3 is 158 Å². The van der Waals surface area contributed by atoms with Gasteiger partial charge in [0.05, 0.1) is 0 Å². The number of unbranched alkanes of at least 4 members (excludes halogenated alkanes) is 5. The van der Waals surface area contributed by atoms with Gasteiger partial charge < -0.3 is 0 Å². The Bertz CT molecular complexity index is 260. The summed E-state index contributed by atoms with van der Waals surface area (Å²) in [5.74, 6) is 0.891. The van der Waals surface area contributed by atoms with E-state index in [1.807, 2.05) is 0 Å². The molecule has 0 aromatic rings. The Labute approximate surface area is 157 Å². The summed E-state index contributed by atoms with van der Waals surface area (Å²) in [4.78, 5) is 0. The van der Waals surface area contributed by atoms with Crippen molar-refractivity contribution in [1.29, 1.82) is 0 Å². The molecule has 0 aromatic heterocycles. The molecule has 0 amide bonds. The minimum atomic E-state index is -2.48. The summed E-state index contributed by atoms with van der Waals surface area (Å²) in [6, 6.07) is 0. The molecule has 0 aliphatic heterocycles. The Balaban J connectivity index is 4.40. The second kappa shape index (κ2) is 17.1. The van der Waals surface area contributed by atoms with Gasteiger partial charge in [0.15, 0.2) is 0 Å². The predicted molar refractivity (Wildman–Crippen MR) is 110 cm³/mol. The van der Waals surface area contributed by atoms with E-state index in [-0.39, 0.29) is 0 Å². The van der Waals surface area contributed by atoms with Gasteiger partial charge in [0, 0.05) is 0 Å². The Kier molecular flexibility index (Phi) is 17.7. The van der Waals surface area contributed by atoms with Crippen LogP contribution in [0.1, 0.15) is 98.8 Å². The molecule has 0 aliphatic rings. The van der Waals surface area contributed by atoms with Crippen molar-refractivity contribution in [3.8, 4) is 0 Å². The van der Waals surface area contributed by atoms with Crippen molar-refractivity contribution in [1.82, 2.24) is 0 Å². The average molecular weight is 449 g/mol. The molecule has 146 valence electrons. The first-order chi connectivity index (χ1) is 11.7. The third kappa shape index (κ3) is 12.1. The Morgan fingerprint density at radius 3 is 2.08 bits per heavy atom. The second-order valence-electron chi connectivity index (χ2n) is 7.49. The molecule has 0 radical (unpaired) electrons. The quantitative estimate of drug-likeness (QED) is 0.122. The SMILES string of the molecule is CCCCCCOC[O][Sn]([CH2]C)([CH2]CCC)[CH2]C(CC)CCCC. The summed E-state index contributed by atoms with van der Waals surface area (Å²) >= 11 is -2.48. The van der Waals surface area contributed by atoms with Crippen LogP contribution < -0.4 is 0 Å². The van der Waals surface area contributed by atoms with Crippen LogP contribution in [0.3, 0.4) is 0 Å². The van der Waals surface area contributed by atoms with Gasteiger partial charge in [0.1, 0.15) is 0 Å². The zero-order chi connectivity index (χ0) is 18.1. The maximum absolute atomic E-state index is 6.59. The summed E-state index contributed by atoms with van der Waals surface area (Å²) in [5.41, 5.74) is 0. The molecule has 2 atom stereocenters. The number of rotatable bonds is 18. The van der Waals surface area contributed by atoms with Crippen LogP contribution >= 0.6 is 0 Å². The third-order valence-electron chi connectivity index (χ3n) is 5.42. The van der Waals surface area contributed by atoms with Crippen molar-refractivity contribution in [2.75, 3.05) is 13.4 Å². The summed E-state index contributed by atoms with van der Waals surface area (Å²) in [6.45, 7) is 13.1. The predicted octanol–water partition coefficient (Wildman–Crippen LogP) is 7.54. The molecule has 0 spiro atoms. The molecule has 0 N–H and O–H groups in total. The van der Waals surface area contributed by atoms with Crippen molar-refractivity contribution < 1.29 is 7.81 Å². The third-order valence-corrected chi connectivity index (χ3v) is 18.6. The molecule has 24 heavy (non-hydrogen) atoms. The van der Waals surface area contributed by atoms with Crippen molar-refractivity contribution in [2.24, 2.45) is 5.92 Å². The first-order valence-electron chi connectivity index (χ1n) is 10.9. The fourth-order valence-corrected chi connectivity index (χ4v) is 15.4. The molecular weight excluding hydrogens is 403 g/mol. The first-order valence-corrected chi connectivity index (χ1v) is 18.1. The summed E-state index contributed by atoms with van der Waals surface area (Å²) in [6.07, 6.45) is 13.2. The Hall–Kier alpha value is 0.719. The molecule has 0 aliphatic carbocycles. The van der Waals surface area contributed by atoms with E-state index in [1.54, 1.807) is 0 Å². The minimum absolute atomic E-state index is 0.573. The maximum atomic E-state index is 6.59. The summed E-state index contributed by atoms with van der Waals surface area (Å²) in [5, 5.41) is 0. The molecule has 0 bridgehead atoms. The standard InChI is InChI=1S/C8H17.C7H15O2.C4H9.C2H5.Sn/c1-4-6-7-8(3)5-2;1-2-3-4-5-6-9-7-8;1-3-4-2;1-2;/h8H,3-7H2,1-2H3;2-7H2,1H3;1,3-4H2,2H3;1H2,2H3;/q;-1;;;+1. The molecule has 2 nitrogen and oxygen atoms in total. The van der Waals surface area contributed by atoms with Gasteiger partial charge in [-0.05, 0) is 0 Å². The molecule has 0 aromatic carbocycles. The number of hydrogen-bond acceptors (Lipinski definition) is 2. The normalized spacial score (nSPS) is 15.4. The van der Waals surface area contributed by atoms with E-state index in [4.69, 9.17) is 7.81 Å². The van der Waals surface area contributed by atoms with Crippen molar-refractivity contribution in [2.45, 2.75) is 112 Å². The van der Waals surface area contributed by atoms with Crippen LogP contribution in [0.5, 0.6) is 0 Å². The van der Waals surface area contributed by atoms with Crippen LogP contribution in [-0.2, 0) is 7.81 Å². The molecule has 2 unspecified atom stereocenters. The van der Waals surface area contributed by atoms with E-state index in [9.17, 15) is 0 Å². The van der Waals surface area contributed by atoms with E-state index in [0.29, 0.717) is 6.79 Å². The molecule has 0 heterocycles. The van der Waals surface area contributed by atoms with Gasteiger partial charge in [-0.3, -0.25) is 0 Å². The fourth-order valence-electron chi connectivity index (χ4n) is 3.48. The van der Waals surface area contributed by atoms with Crippen LogP contribution in [0.25, 0.3) is 0 Å². The zero-order valence-corrected chi connectivity index (χ0v) is 20.4. The van der Waals surface area contributed by atoms with Gasteiger partial charge in [-0.25, -0.2) is 0 Å². The first kappa shape index (κ1) is 24.7. The Morgan fingerprint density at radius 1 is 0.792 bits per heavy atom. The van der Waals surface area contributed by atoms with Crippen molar-refractivity contribution in [3.05, 3.63) is 0 Å². The molecule has 0 fully saturated rings. The van der Waals surface area contributed by atoms with E-state index in [2.05, 4.69) is 34.6 Å². The van der Waals surface area contributed by atoms with Crippen molar-refractivity contribution >= 4 is 18.8 Å². The van der Waals surface area contributed by atoms with Gasteiger partial charge in [0.25, 0.3) is 0 Å². The van der Waals surface area contributed by atoms with E-state index < -0.39 is 18.8 Å². The van der Waals surface area contributed by atoms with E-state index >= 15 is 0 Å². The van der Waals surface area contributed by atoms with E-state index in [1.165, 1.54) is 77.5 Å². The van der Waals surface area contributed by atoms with Crippen LogP contribution in [0.4, 0.5) is 0 Å². The van der Waals surface area contributed by atoms with Crippen LogP contribution in [0.15, 0.2) is 0 Å². The number of ether oxygens (including phenoxy) is 1. The van der Waals surface area contributed by atoms with Gasteiger partial charge in [-0.2, -0.15) is 0 Å². The van der Waals surface area contributed by atoms with Gasteiger partial charge in [-0.1, -0.05) is 0 Å². The van der Waals surface area contributed by atoms with Crippen LogP contribution in [0, 0.1) is 5.92 Å². The van der Waals surface area contributed by atoms with E-state index in [0.717, 1.165) is 12.5 Å². The topological polar surface area (TPSA) is 18.5 Å². The number of hydrogen-bond donors (Lipinski definition) is 0. The molecule has 0 saturated heterocycles. The molecule has 3 heteroatoms. The van der Waals surface area contributed by atoms with Crippen LogP contribution in [-0.4, -0.2) is 32.2 Å². The molecule has 0 rings (SSSR count). The zero-order valence-electron chi connectivity index (χ0n) is 17.5. The van der Waals surface area contributed by atoms with Crippen LogP contribution in [0.2, 0.25) is 13.3 Å². The summed E-state index contributed by atoms with van der Waals surface area (Å²) in [7, 11) is 0. The van der Waals surface area contributed by atoms with Crippen molar-refractivity contribution in [3.63, 3.8) is 0 Å². The fraction of sp³-hybridized carbons (Fsp3) is 1.00. The summed E-state index contributed by atoms with van der Waals surface area (Å²) < 4.78 is 16.6. The Morgan fingerprint density at radius 2 is 1.50 bits per heavy atom. The molecular formula is C21H46O2Sn. The van der Waals surface area contributed by atoms with Gasteiger partial charge in [0.2, 0.25) is 0 Å². The monoisotopic (exact) mass is 450 g/mol. The molecule has 0 saturated carbocycles.